The number of nitrogens with zero attached hydrogens (tertiary/aromatic N) is 4. The molecular formula is C63H82Cl2N13O14PS. The Balaban J connectivity index is 0.814. The van der Waals surface area contributed by atoms with Gasteiger partial charge in [0.1, 0.15) is 24.7 Å². The number of nitrogens with two attached hydrogens (primary N) is 2. The predicted octanol–water partition coefficient (Wildman–Crippen LogP) is 6.51. The Morgan fingerprint density at radius 1 is 0.798 bits per heavy atom. The van der Waals surface area contributed by atoms with Crippen molar-refractivity contribution in [1.82, 2.24) is 41.0 Å². The van der Waals surface area contributed by atoms with E-state index < -0.39 is 78.4 Å². The van der Waals surface area contributed by atoms with Gasteiger partial charge in [-0.2, -0.15) is 0 Å². The lowest BCUT2D eigenvalue weighted by Gasteiger charge is -2.69. The maximum Gasteiger partial charge on any atom is 0.524 e. The van der Waals surface area contributed by atoms with Crippen LogP contribution in [-0.4, -0.2) is 164 Å². The topological polar surface area (TPSA) is 390 Å². The van der Waals surface area contributed by atoms with Crippen LogP contribution in [0.2, 0.25) is 0 Å². The number of rotatable bonds is 29. The Bertz CT molecular complexity index is 3800. The summed E-state index contributed by atoms with van der Waals surface area (Å²) in [6, 6.07) is 6.16. The van der Waals surface area contributed by atoms with Crippen molar-refractivity contribution >= 4 is 135 Å². The zero-order chi connectivity index (χ0) is 68.3. The summed E-state index contributed by atoms with van der Waals surface area (Å²) < 4.78 is 23.2. The number of nitrogens with one attached hydrogen (secondary N) is 7. The van der Waals surface area contributed by atoms with Gasteiger partial charge < -0.3 is 82.0 Å². The Kier molecular flexibility index (Phi) is 21.9. The zero-order valence-corrected chi connectivity index (χ0v) is 56.4. The molecule has 4 heterocycles. The summed E-state index contributed by atoms with van der Waals surface area (Å²) >= 11 is 18.9. The minimum absolute atomic E-state index is 0.000454. The summed E-state index contributed by atoms with van der Waals surface area (Å²) in [7, 11) is -3.32. The van der Waals surface area contributed by atoms with E-state index in [0.717, 1.165) is 27.6 Å². The Morgan fingerprint density at radius 2 is 1.36 bits per heavy atom. The van der Waals surface area contributed by atoms with Gasteiger partial charge in [-0.3, -0.25) is 38.6 Å². The molecule has 5 aliphatic rings. The number of aromatic nitrogens is 2. The van der Waals surface area contributed by atoms with Gasteiger partial charge in [0.05, 0.1) is 34.1 Å². The SMILES string of the molecule is CC(=O)N[C@@H](CCCCN)C(=O)N[C@H](C(=O)N[C@@H](CCCNC(N)=O)C(=O)Nc1ccc(COC(=S)N(C)CCN(Cc2cc3c(c4c(C)c[nH]c24)[C@H](CCl)CN3C(=O)C23CC(C(=O)N4C[C@@H](CCl)c5c4cc(OP(=O)(O)O)c4[nH]cc(C)c54)(C2)C3)C(=O)O)cc1)C(C)C. The monoisotopic (exact) mass is 1380 g/mol. The molecule has 10 rings (SSSR count). The quantitative estimate of drug-likeness (QED) is 0.0105. The lowest BCUT2D eigenvalue weighted by atomic mass is 9.34. The van der Waals surface area contributed by atoms with E-state index in [4.69, 9.17) is 56.1 Å². The van der Waals surface area contributed by atoms with Gasteiger partial charge in [-0.1, -0.05) is 26.0 Å². The third-order valence-electron chi connectivity index (χ3n) is 18.3. The third-order valence-corrected chi connectivity index (χ3v) is 19.9. The molecule has 94 heavy (non-hydrogen) atoms. The van der Waals surface area contributed by atoms with Crippen LogP contribution in [0.3, 0.4) is 0 Å². The van der Waals surface area contributed by atoms with E-state index in [2.05, 4.69) is 36.6 Å². The smallest absolute Gasteiger partial charge is 0.466 e. The maximum absolute atomic E-state index is 15.0. The van der Waals surface area contributed by atoms with Gasteiger partial charge in [0.2, 0.25) is 35.4 Å². The first-order valence-corrected chi connectivity index (χ1v) is 34.2. The maximum atomic E-state index is 15.0. The minimum atomic E-state index is -4.99. The largest absolute Gasteiger partial charge is 0.524 e. The van der Waals surface area contributed by atoms with Crippen LogP contribution < -0.4 is 52.4 Å². The lowest BCUT2D eigenvalue weighted by molar-refractivity contribution is -0.205. The highest BCUT2D eigenvalue weighted by atomic mass is 35.5. The number of thiocarbonyl (C=S) groups is 1. The number of hydrogen-bond acceptors (Lipinski definition) is 13. The number of carbonyl (C=O) groups excluding carboxylic acids is 7. The average Bonchev–Trinajstić information content (AvgIpc) is 0.929. The van der Waals surface area contributed by atoms with Gasteiger partial charge in [-0.15, -0.1) is 23.2 Å². The number of carbonyl (C=O) groups is 8. The summed E-state index contributed by atoms with van der Waals surface area (Å²) in [6.07, 6.45) is 5.07. The van der Waals surface area contributed by atoms with Gasteiger partial charge in [0.15, 0.2) is 5.75 Å². The summed E-state index contributed by atoms with van der Waals surface area (Å²) in [5.41, 5.74) is 16.4. The Morgan fingerprint density at radius 3 is 1.90 bits per heavy atom. The first-order chi connectivity index (χ1) is 44.5. The van der Waals surface area contributed by atoms with E-state index in [1.165, 1.54) is 17.9 Å². The van der Waals surface area contributed by atoms with E-state index >= 15 is 4.79 Å². The first-order valence-electron chi connectivity index (χ1n) is 31.2. The molecule has 5 aromatic rings. The molecule has 14 N–H and O–H groups in total. The second-order valence-corrected chi connectivity index (χ2v) is 27.7. The molecule has 2 aromatic heterocycles. The Labute approximate surface area is 558 Å². The van der Waals surface area contributed by atoms with Crippen LogP contribution in [-0.2, 0) is 51.2 Å². The van der Waals surface area contributed by atoms with Crippen LogP contribution >= 0.6 is 43.2 Å². The van der Waals surface area contributed by atoms with Crippen LogP contribution in [0.1, 0.15) is 117 Å². The number of H-pyrrole nitrogens is 2. The van der Waals surface area contributed by atoms with E-state index in [-0.39, 0.29) is 105 Å². The number of benzene rings is 3. The lowest BCUT2D eigenvalue weighted by Crippen LogP contribution is -2.73. The molecule has 0 spiro atoms. The number of anilines is 3. The van der Waals surface area contributed by atoms with Gasteiger partial charge in [-0.05, 0) is 141 Å². The number of carboxylic acid groups (broad SMARTS) is 1. The molecule has 31 heteroatoms. The molecule has 0 unspecified atom stereocenters. The molecule has 2 bridgehead atoms. The van der Waals surface area contributed by atoms with Crippen molar-refractivity contribution in [3.05, 3.63) is 82.2 Å². The second-order valence-electron chi connectivity index (χ2n) is 25.6. The van der Waals surface area contributed by atoms with Crippen LogP contribution in [0.15, 0.2) is 48.8 Å². The molecule has 27 nitrogen and oxygen atoms in total. The number of fused-ring (bicyclic) bond motifs is 6. The molecule has 5 atom stereocenters. The summed E-state index contributed by atoms with van der Waals surface area (Å²) in [5, 5.41) is 25.7. The zero-order valence-electron chi connectivity index (χ0n) is 53.2. The van der Waals surface area contributed by atoms with Crippen LogP contribution in [0.5, 0.6) is 5.75 Å². The fourth-order valence-electron chi connectivity index (χ4n) is 13.7. The predicted molar refractivity (Wildman–Crippen MR) is 359 cm³/mol. The first kappa shape index (κ1) is 70.6. The molecule has 2 aliphatic heterocycles. The van der Waals surface area contributed by atoms with Crippen LogP contribution in [0, 0.1) is 30.6 Å². The number of urea groups is 1. The second kappa shape index (κ2) is 29.1. The number of amides is 9. The number of aromatic amines is 2. The van der Waals surface area contributed by atoms with Crippen molar-refractivity contribution in [3.8, 4) is 5.75 Å². The highest BCUT2D eigenvalue weighted by molar-refractivity contribution is 7.80. The van der Waals surface area contributed by atoms with Gasteiger partial charge in [-0.25, -0.2) is 14.2 Å². The average molecular weight is 1380 g/mol. The number of ether oxygens (including phenoxy) is 1. The molecule has 0 radical (unpaired) electrons. The fourth-order valence-corrected chi connectivity index (χ4v) is 14.8. The van der Waals surface area contributed by atoms with E-state index in [1.807, 2.05) is 26.1 Å². The van der Waals surface area contributed by atoms with Gasteiger partial charge in [0, 0.05) is 111 Å². The van der Waals surface area contributed by atoms with Crippen LogP contribution in [0.4, 0.5) is 26.7 Å². The number of alkyl halides is 2. The number of unbranched alkanes of at least 4 members (excludes halogenated alkanes) is 1. The van der Waals surface area contributed by atoms with E-state index in [0.29, 0.717) is 89.7 Å². The molecule has 3 fully saturated rings. The van der Waals surface area contributed by atoms with Crippen molar-refractivity contribution in [3.63, 3.8) is 0 Å². The van der Waals surface area contributed by atoms with E-state index in [1.54, 1.807) is 66.1 Å². The van der Waals surface area contributed by atoms with Crippen molar-refractivity contribution in [2.75, 3.05) is 73.2 Å². The standard InChI is InChI=1S/C63H82Cl2N13O14PS/c1-33(2)51(74-55(81)42(71-36(5)79)10-7-8-16-66)56(82)73-43(11-9-17-68-59(67)85)54(80)72-41-14-12-37(13-15-41)29-91-61(94)75(6)18-19-76(60(86)87)26-38-20-44-49(47-34(3)24-69-52(38)47)39(22-64)27-77(44)57(83)62-30-63(31-62,32-62)58(84)78-28-40(23-65)50-45(78)21-46(92-93(88,89)90)53-48(50)35(4)25-70-53/h12-15,20-21,24-25,33,39-40,42-43,51,69-70H,7-11,16-19,22-23,26-32,66H2,1-6H3,(H,71,79)(H,72,80)(H,73,82)(H,74,81)(H,86,87)(H3,67,68,85)(H2,88,89,90)/t39-,40-,42+,43+,51+,62?,63?/m1/s1. The number of aryl methyl sites for hydroxylation is 2. The fraction of sp³-hybridized carbons (Fsp3) is 0.508. The number of likely N-dealkylation sites (N-methyl/N-ethyl adjacent to an activating group) is 1. The number of primary amides is 1. The minimum Gasteiger partial charge on any atom is -0.466 e. The van der Waals surface area contributed by atoms with Crippen molar-refractivity contribution in [1.29, 1.82) is 0 Å². The molecule has 3 saturated carbocycles. The van der Waals surface area contributed by atoms with Crippen molar-refractivity contribution in [2.24, 2.45) is 28.2 Å². The molecule has 9 amide bonds. The third kappa shape index (κ3) is 15.0. The van der Waals surface area contributed by atoms with Crippen LogP contribution in [0.25, 0.3) is 21.8 Å². The van der Waals surface area contributed by atoms with E-state index in [9.17, 15) is 53.0 Å². The normalized spacial score (nSPS) is 19.4. The van der Waals surface area contributed by atoms with Gasteiger partial charge >= 0.3 is 19.9 Å². The summed E-state index contributed by atoms with van der Waals surface area (Å²) in [5.74, 6) is -3.19. The molecule has 508 valence electrons. The Hall–Kier alpha value is -7.72. The molecule has 3 aliphatic carbocycles. The highest BCUT2D eigenvalue weighted by Gasteiger charge is 2.76. The molecule has 0 saturated heterocycles. The molecular weight excluding hydrogens is 1300 g/mol. The van der Waals surface area contributed by atoms with Crippen molar-refractivity contribution < 1.29 is 67.1 Å². The number of halogens is 2. The summed E-state index contributed by atoms with van der Waals surface area (Å²) in [4.78, 5) is 139. The number of phosphoric acid groups is 1. The van der Waals surface area contributed by atoms with Gasteiger partial charge in [0.25, 0.3) is 5.17 Å². The number of phosphoric ester groups is 1. The number of hydrogen-bond donors (Lipinski definition) is 12. The highest BCUT2D eigenvalue weighted by Crippen LogP contribution is 2.75. The molecule has 3 aromatic carbocycles. The summed E-state index contributed by atoms with van der Waals surface area (Å²) in [6.45, 7) is 9.67. The van der Waals surface area contributed by atoms with Crippen molar-refractivity contribution in [2.45, 2.75) is 129 Å².